The zero-order valence-electron chi connectivity index (χ0n) is 11.1. The monoisotopic (exact) mass is 315 g/mol. The standard InChI is InChI=1S/C14H22BrNO2/c1-3-4-7-17-8-9-18-14-6-5-12(15)10-13(14)11(2)16/h5-6,10-11H,3-4,7-9,16H2,1-2H3/t11-/m0/s1. The van der Waals surface area contributed by atoms with Crippen molar-refractivity contribution in [2.24, 2.45) is 5.73 Å². The molecule has 0 heterocycles. The van der Waals surface area contributed by atoms with Crippen LogP contribution in [0.5, 0.6) is 5.75 Å². The molecule has 0 unspecified atom stereocenters. The highest BCUT2D eigenvalue weighted by molar-refractivity contribution is 9.10. The minimum Gasteiger partial charge on any atom is -0.491 e. The van der Waals surface area contributed by atoms with Gasteiger partial charge in [-0.2, -0.15) is 0 Å². The first-order chi connectivity index (χ1) is 8.65. The van der Waals surface area contributed by atoms with Gasteiger partial charge < -0.3 is 15.2 Å². The smallest absolute Gasteiger partial charge is 0.124 e. The Hall–Kier alpha value is -0.580. The lowest BCUT2D eigenvalue weighted by atomic mass is 10.1. The van der Waals surface area contributed by atoms with E-state index >= 15 is 0 Å². The van der Waals surface area contributed by atoms with Crippen molar-refractivity contribution in [3.63, 3.8) is 0 Å². The molecule has 2 N–H and O–H groups in total. The van der Waals surface area contributed by atoms with Crippen LogP contribution in [0.4, 0.5) is 0 Å². The van der Waals surface area contributed by atoms with Crippen molar-refractivity contribution in [1.29, 1.82) is 0 Å². The summed E-state index contributed by atoms with van der Waals surface area (Å²) in [7, 11) is 0. The first-order valence-electron chi connectivity index (χ1n) is 6.40. The molecule has 0 saturated heterocycles. The Kier molecular flexibility index (Phi) is 7.32. The van der Waals surface area contributed by atoms with E-state index in [4.69, 9.17) is 15.2 Å². The van der Waals surface area contributed by atoms with Gasteiger partial charge in [-0.1, -0.05) is 29.3 Å². The summed E-state index contributed by atoms with van der Waals surface area (Å²) in [5.41, 5.74) is 6.93. The third-order valence-corrected chi connectivity index (χ3v) is 3.08. The average molecular weight is 316 g/mol. The molecule has 0 fully saturated rings. The summed E-state index contributed by atoms with van der Waals surface area (Å²) >= 11 is 3.44. The van der Waals surface area contributed by atoms with Gasteiger partial charge in [0, 0.05) is 22.7 Å². The molecule has 18 heavy (non-hydrogen) atoms. The maximum absolute atomic E-state index is 5.92. The molecule has 1 rings (SSSR count). The van der Waals surface area contributed by atoms with Gasteiger partial charge >= 0.3 is 0 Å². The molecule has 102 valence electrons. The Balaban J connectivity index is 2.42. The van der Waals surface area contributed by atoms with E-state index in [1.54, 1.807) is 0 Å². The fourth-order valence-electron chi connectivity index (χ4n) is 1.57. The molecule has 0 spiro atoms. The average Bonchev–Trinajstić information content (AvgIpc) is 2.35. The number of benzene rings is 1. The summed E-state index contributed by atoms with van der Waals surface area (Å²) in [6.07, 6.45) is 2.26. The van der Waals surface area contributed by atoms with Gasteiger partial charge in [-0.05, 0) is 31.5 Å². The first-order valence-corrected chi connectivity index (χ1v) is 7.20. The Morgan fingerprint density at radius 3 is 2.72 bits per heavy atom. The van der Waals surface area contributed by atoms with Crippen LogP contribution in [-0.4, -0.2) is 19.8 Å². The fourth-order valence-corrected chi connectivity index (χ4v) is 1.94. The van der Waals surface area contributed by atoms with E-state index in [0.717, 1.165) is 35.2 Å². The van der Waals surface area contributed by atoms with E-state index in [-0.39, 0.29) is 6.04 Å². The SMILES string of the molecule is CCCCOCCOc1ccc(Br)cc1[C@H](C)N. The van der Waals surface area contributed by atoms with E-state index in [1.807, 2.05) is 25.1 Å². The molecule has 0 aliphatic rings. The van der Waals surface area contributed by atoms with Gasteiger partial charge in [0.1, 0.15) is 12.4 Å². The lowest BCUT2D eigenvalue weighted by Gasteiger charge is -2.14. The van der Waals surface area contributed by atoms with E-state index in [1.165, 1.54) is 0 Å². The Labute approximate surface area is 118 Å². The summed E-state index contributed by atoms with van der Waals surface area (Å²) in [6.45, 7) is 6.09. The number of rotatable bonds is 8. The van der Waals surface area contributed by atoms with E-state index in [0.29, 0.717) is 13.2 Å². The second kappa shape index (κ2) is 8.51. The second-order valence-corrected chi connectivity index (χ2v) is 5.20. The number of halogens is 1. The molecule has 4 heteroatoms. The van der Waals surface area contributed by atoms with Gasteiger partial charge in [-0.25, -0.2) is 0 Å². The van der Waals surface area contributed by atoms with Crippen LogP contribution < -0.4 is 10.5 Å². The van der Waals surface area contributed by atoms with Crippen molar-refractivity contribution in [2.75, 3.05) is 19.8 Å². The van der Waals surface area contributed by atoms with Crippen LogP contribution in [0.3, 0.4) is 0 Å². The molecular formula is C14H22BrNO2. The predicted octanol–water partition coefficient (Wildman–Crippen LogP) is 3.66. The van der Waals surface area contributed by atoms with E-state index in [2.05, 4.69) is 22.9 Å². The molecule has 0 amide bonds. The molecule has 1 aromatic carbocycles. The largest absolute Gasteiger partial charge is 0.491 e. The van der Waals surface area contributed by atoms with E-state index < -0.39 is 0 Å². The van der Waals surface area contributed by atoms with Crippen molar-refractivity contribution in [3.8, 4) is 5.75 Å². The molecule has 3 nitrogen and oxygen atoms in total. The van der Waals surface area contributed by atoms with Gasteiger partial charge in [-0.3, -0.25) is 0 Å². The zero-order valence-corrected chi connectivity index (χ0v) is 12.7. The zero-order chi connectivity index (χ0) is 13.4. The summed E-state index contributed by atoms with van der Waals surface area (Å²) in [5, 5.41) is 0. The van der Waals surface area contributed by atoms with Gasteiger partial charge in [-0.15, -0.1) is 0 Å². The number of unbranched alkanes of at least 4 members (excludes halogenated alkanes) is 1. The molecule has 0 bridgehead atoms. The van der Waals surface area contributed by atoms with Crippen LogP contribution in [0.1, 0.15) is 38.3 Å². The predicted molar refractivity (Wildman–Crippen MR) is 78.0 cm³/mol. The minimum absolute atomic E-state index is 0.0430. The number of nitrogens with two attached hydrogens (primary N) is 1. The molecule has 0 saturated carbocycles. The fraction of sp³-hybridized carbons (Fsp3) is 0.571. The third kappa shape index (κ3) is 5.38. The Morgan fingerprint density at radius 1 is 1.28 bits per heavy atom. The highest BCUT2D eigenvalue weighted by atomic mass is 79.9. The normalized spacial score (nSPS) is 12.4. The van der Waals surface area contributed by atoms with Crippen molar-refractivity contribution in [3.05, 3.63) is 28.2 Å². The Morgan fingerprint density at radius 2 is 2.06 bits per heavy atom. The number of ether oxygens (including phenoxy) is 2. The van der Waals surface area contributed by atoms with Crippen molar-refractivity contribution in [2.45, 2.75) is 32.7 Å². The van der Waals surface area contributed by atoms with Crippen LogP contribution in [0.2, 0.25) is 0 Å². The summed E-state index contributed by atoms with van der Waals surface area (Å²) in [5.74, 6) is 0.840. The lowest BCUT2D eigenvalue weighted by Crippen LogP contribution is -2.11. The van der Waals surface area contributed by atoms with Crippen molar-refractivity contribution < 1.29 is 9.47 Å². The highest BCUT2D eigenvalue weighted by Gasteiger charge is 2.08. The van der Waals surface area contributed by atoms with Gasteiger partial charge in [0.05, 0.1) is 6.61 Å². The molecular weight excluding hydrogens is 294 g/mol. The molecule has 0 aliphatic carbocycles. The topological polar surface area (TPSA) is 44.5 Å². The molecule has 0 radical (unpaired) electrons. The van der Waals surface area contributed by atoms with Crippen LogP contribution in [0.15, 0.2) is 22.7 Å². The summed E-state index contributed by atoms with van der Waals surface area (Å²) in [4.78, 5) is 0. The number of hydrogen-bond acceptors (Lipinski definition) is 3. The van der Waals surface area contributed by atoms with Gasteiger partial charge in [0.2, 0.25) is 0 Å². The minimum atomic E-state index is -0.0430. The van der Waals surface area contributed by atoms with Gasteiger partial charge in [0.15, 0.2) is 0 Å². The van der Waals surface area contributed by atoms with Crippen LogP contribution >= 0.6 is 15.9 Å². The highest BCUT2D eigenvalue weighted by Crippen LogP contribution is 2.27. The van der Waals surface area contributed by atoms with Crippen LogP contribution in [0.25, 0.3) is 0 Å². The van der Waals surface area contributed by atoms with E-state index in [9.17, 15) is 0 Å². The van der Waals surface area contributed by atoms with Crippen molar-refractivity contribution in [1.82, 2.24) is 0 Å². The quantitative estimate of drug-likeness (QED) is 0.744. The maximum Gasteiger partial charge on any atom is 0.124 e. The van der Waals surface area contributed by atoms with Gasteiger partial charge in [0.25, 0.3) is 0 Å². The molecule has 1 aromatic rings. The second-order valence-electron chi connectivity index (χ2n) is 4.29. The first kappa shape index (κ1) is 15.5. The Bertz CT molecular complexity index is 356. The summed E-state index contributed by atoms with van der Waals surface area (Å²) in [6, 6.07) is 5.85. The summed E-state index contributed by atoms with van der Waals surface area (Å²) < 4.78 is 12.2. The molecule has 0 aromatic heterocycles. The number of hydrogen-bond donors (Lipinski definition) is 1. The van der Waals surface area contributed by atoms with Crippen LogP contribution in [0, 0.1) is 0 Å². The lowest BCUT2D eigenvalue weighted by molar-refractivity contribution is 0.0976. The van der Waals surface area contributed by atoms with Crippen molar-refractivity contribution >= 4 is 15.9 Å². The molecule has 0 aliphatic heterocycles. The maximum atomic E-state index is 5.92. The third-order valence-electron chi connectivity index (χ3n) is 2.59. The molecule has 1 atom stereocenters. The van der Waals surface area contributed by atoms with Crippen LogP contribution in [-0.2, 0) is 4.74 Å².